The third-order valence-corrected chi connectivity index (χ3v) is 5.37. The van der Waals surface area contributed by atoms with Crippen LogP contribution in [0.15, 0.2) is 22.7 Å². The van der Waals surface area contributed by atoms with Crippen LogP contribution in [-0.4, -0.2) is 48.9 Å². The van der Waals surface area contributed by atoms with E-state index in [-0.39, 0.29) is 5.91 Å². The molecule has 0 aliphatic carbocycles. The van der Waals surface area contributed by atoms with Gasteiger partial charge in [-0.1, -0.05) is 0 Å². The quantitative estimate of drug-likeness (QED) is 0.701. The summed E-state index contributed by atoms with van der Waals surface area (Å²) < 4.78 is 2.10. The Hall–Kier alpha value is -0.140. The van der Waals surface area contributed by atoms with E-state index in [1.165, 1.54) is 0 Å². The Morgan fingerprint density at radius 1 is 1.47 bits per heavy atom. The van der Waals surface area contributed by atoms with Gasteiger partial charge >= 0.3 is 0 Å². The molecule has 1 saturated heterocycles. The minimum Gasteiger partial charge on any atom is -0.335 e. The molecule has 92 valence electrons. The number of likely N-dealkylation sites (N-methyl/N-ethyl adjacent to an activating group) is 1. The van der Waals surface area contributed by atoms with E-state index in [1.807, 2.05) is 23.1 Å². The molecular weight excluding hydrogens is 395 g/mol. The van der Waals surface area contributed by atoms with Gasteiger partial charge < -0.3 is 9.80 Å². The van der Waals surface area contributed by atoms with E-state index in [9.17, 15) is 4.79 Å². The van der Waals surface area contributed by atoms with Crippen LogP contribution < -0.4 is 0 Å². The Balaban J connectivity index is 2.04. The van der Waals surface area contributed by atoms with Crippen molar-refractivity contribution in [1.29, 1.82) is 0 Å². The maximum absolute atomic E-state index is 12.1. The molecule has 2 rings (SSSR count). The fourth-order valence-corrected chi connectivity index (χ4v) is 2.52. The van der Waals surface area contributed by atoms with E-state index in [0.29, 0.717) is 6.04 Å². The number of amides is 1. The second-order valence-corrected chi connectivity index (χ2v) is 6.47. The minimum absolute atomic E-state index is 0.133. The van der Waals surface area contributed by atoms with Crippen molar-refractivity contribution in [2.24, 2.45) is 0 Å². The van der Waals surface area contributed by atoms with Gasteiger partial charge in [0.1, 0.15) is 0 Å². The van der Waals surface area contributed by atoms with E-state index in [2.05, 4.69) is 57.5 Å². The Morgan fingerprint density at radius 3 is 2.65 bits per heavy atom. The molecule has 0 spiro atoms. The first-order valence-corrected chi connectivity index (χ1v) is 7.27. The van der Waals surface area contributed by atoms with Crippen molar-refractivity contribution in [3.05, 3.63) is 31.8 Å². The van der Waals surface area contributed by atoms with Gasteiger partial charge in [-0.3, -0.25) is 4.79 Å². The molecule has 3 nitrogen and oxygen atoms in total. The number of likely N-dealkylation sites (tertiary alicyclic amines) is 1. The average Bonchev–Trinajstić information content (AvgIpc) is 2.19. The highest BCUT2D eigenvalue weighted by atomic mass is 127. The second-order valence-electron chi connectivity index (χ2n) is 4.46. The maximum Gasteiger partial charge on any atom is 0.254 e. The molecule has 1 aliphatic heterocycles. The van der Waals surface area contributed by atoms with Crippen molar-refractivity contribution in [3.63, 3.8) is 0 Å². The molecule has 1 heterocycles. The van der Waals surface area contributed by atoms with Crippen LogP contribution in [0.2, 0.25) is 0 Å². The fraction of sp³-hybridized carbons (Fsp3) is 0.417. The number of carbonyl (C=O) groups excluding carboxylic acids is 1. The summed E-state index contributed by atoms with van der Waals surface area (Å²) in [4.78, 5) is 16.2. The molecule has 1 aromatic rings. The Bertz CT molecular complexity index is 444. The maximum atomic E-state index is 12.1. The van der Waals surface area contributed by atoms with E-state index in [4.69, 9.17) is 0 Å². The van der Waals surface area contributed by atoms with Crippen molar-refractivity contribution in [2.45, 2.75) is 6.04 Å². The summed E-state index contributed by atoms with van der Waals surface area (Å²) in [5.74, 6) is 0.133. The zero-order valence-corrected chi connectivity index (χ0v) is 13.5. The van der Waals surface area contributed by atoms with Gasteiger partial charge in [0.15, 0.2) is 0 Å². The summed E-state index contributed by atoms with van der Waals surface area (Å²) in [6.07, 6.45) is 0. The monoisotopic (exact) mass is 408 g/mol. The first-order valence-electron chi connectivity index (χ1n) is 5.40. The number of nitrogens with zero attached hydrogens (tertiary/aromatic N) is 2. The standard InChI is InChI=1S/C12H14BrIN2O/c1-15(2)9-6-16(7-9)12(17)8-3-4-10(13)11(14)5-8/h3-5,9H,6-7H2,1-2H3. The molecule has 0 atom stereocenters. The van der Waals surface area contributed by atoms with E-state index >= 15 is 0 Å². The number of rotatable bonds is 2. The first kappa shape index (κ1) is 13.3. The van der Waals surface area contributed by atoms with Crippen molar-refractivity contribution in [1.82, 2.24) is 9.80 Å². The van der Waals surface area contributed by atoms with Gasteiger partial charge in [-0.25, -0.2) is 0 Å². The third-order valence-electron chi connectivity index (χ3n) is 3.05. The number of hydrogen-bond acceptors (Lipinski definition) is 2. The van der Waals surface area contributed by atoms with Crippen molar-refractivity contribution in [3.8, 4) is 0 Å². The van der Waals surface area contributed by atoms with Crippen LogP contribution in [0.4, 0.5) is 0 Å². The Morgan fingerprint density at radius 2 is 2.12 bits per heavy atom. The SMILES string of the molecule is CN(C)C1CN(C(=O)c2ccc(Br)c(I)c2)C1. The predicted molar refractivity (Wildman–Crippen MR) is 80.2 cm³/mol. The van der Waals surface area contributed by atoms with Gasteiger partial charge in [0.2, 0.25) is 0 Å². The lowest BCUT2D eigenvalue weighted by Gasteiger charge is -2.42. The minimum atomic E-state index is 0.133. The van der Waals surface area contributed by atoms with E-state index < -0.39 is 0 Å². The first-order chi connectivity index (χ1) is 7.99. The molecule has 1 aliphatic rings. The zero-order chi connectivity index (χ0) is 12.6. The highest BCUT2D eigenvalue weighted by Gasteiger charge is 2.32. The molecule has 0 bridgehead atoms. The van der Waals surface area contributed by atoms with Crippen LogP contribution in [0.5, 0.6) is 0 Å². The van der Waals surface area contributed by atoms with Gasteiger partial charge in [0, 0.05) is 32.7 Å². The molecular formula is C12H14BrIN2O. The van der Waals surface area contributed by atoms with Gasteiger partial charge in [0.25, 0.3) is 5.91 Å². The highest BCUT2D eigenvalue weighted by molar-refractivity contribution is 14.1. The van der Waals surface area contributed by atoms with Crippen LogP contribution in [-0.2, 0) is 0 Å². The molecule has 1 aromatic carbocycles. The molecule has 0 unspecified atom stereocenters. The van der Waals surface area contributed by atoms with Gasteiger partial charge in [0.05, 0.1) is 0 Å². The lowest BCUT2D eigenvalue weighted by atomic mass is 10.1. The van der Waals surface area contributed by atoms with Gasteiger partial charge in [-0.05, 0) is 70.8 Å². The Kier molecular flexibility index (Phi) is 4.10. The molecule has 0 aromatic heterocycles. The molecule has 0 N–H and O–H groups in total. The predicted octanol–water partition coefficient (Wildman–Crippen LogP) is 2.44. The summed E-state index contributed by atoms with van der Waals surface area (Å²) in [7, 11) is 4.10. The lowest BCUT2D eigenvalue weighted by molar-refractivity contribution is 0.0399. The number of benzene rings is 1. The molecule has 1 amide bonds. The third kappa shape index (κ3) is 2.82. The second kappa shape index (κ2) is 5.24. The lowest BCUT2D eigenvalue weighted by Crippen LogP contribution is -2.59. The molecule has 0 saturated carbocycles. The summed E-state index contributed by atoms with van der Waals surface area (Å²) >= 11 is 5.66. The van der Waals surface area contributed by atoms with Crippen LogP contribution >= 0.6 is 38.5 Å². The van der Waals surface area contributed by atoms with Crippen LogP contribution in [0.25, 0.3) is 0 Å². The summed E-state index contributed by atoms with van der Waals surface area (Å²) in [5.41, 5.74) is 0.773. The number of carbonyl (C=O) groups is 1. The highest BCUT2D eigenvalue weighted by Crippen LogP contribution is 2.22. The van der Waals surface area contributed by atoms with Gasteiger partial charge in [-0.15, -0.1) is 0 Å². The topological polar surface area (TPSA) is 23.6 Å². The van der Waals surface area contributed by atoms with Crippen molar-refractivity contribution < 1.29 is 4.79 Å². The van der Waals surface area contributed by atoms with E-state index in [0.717, 1.165) is 26.7 Å². The van der Waals surface area contributed by atoms with Crippen molar-refractivity contribution >= 4 is 44.4 Å². The van der Waals surface area contributed by atoms with Gasteiger partial charge in [-0.2, -0.15) is 0 Å². The normalized spacial score (nSPS) is 16.2. The summed E-state index contributed by atoms with van der Waals surface area (Å²) in [6, 6.07) is 6.24. The van der Waals surface area contributed by atoms with Crippen LogP contribution in [0.3, 0.4) is 0 Å². The largest absolute Gasteiger partial charge is 0.335 e. The molecule has 1 fully saturated rings. The van der Waals surface area contributed by atoms with E-state index in [1.54, 1.807) is 0 Å². The Labute approximate surface area is 123 Å². The molecule has 17 heavy (non-hydrogen) atoms. The average molecular weight is 409 g/mol. The summed E-state index contributed by atoms with van der Waals surface area (Å²) in [6.45, 7) is 1.66. The van der Waals surface area contributed by atoms with Crippen LogP contribution in [0, 0.1) is 3.57 Å². The smallest absolute Gasteiger partial charge is 0.254 e. The summed E-state index contributed by atoms with van der Waals surface area (Å²) in [5, 5.41) is 0. The van der Waals surface area contributed by atoms with Crippen LogP contribution in [0.1, 0.15) is 10.4 Å². The van der Waals surface area contributed by atoms with Crippen molar-refractivity contribution in [2.75, 3.05) is 27.2 Å². The zero-order valence-electron chi connectivity index (χ0n) is 9.78. The number of halogens is 2. The molecule has 5 heteroatoms. The molecule has 0 radical (unpaired) electrons. The number of hydrogen-bond donors (Lipinski definition) is 0. The fourth-order valence-electron chi connectivity index (χ4n) is 1.76.